The minimum Gasteiger partial charge on any atom is -0.497 e. The number of nitrogens with one attached hydrogen (secondary N) is 1. The molecule has 0 atom stereocenters. The zero-order chi connectivity index (χ0) is 20.9. The lowest BCUT2D eigenvalue weighted by atomic mass is 10.1. The van der Waals surface area contributed by atoms with Crippen LogP contribution in [-0.2, 0) is 13.0 Å². The van der Waals surface area contributed by atoms with E-state index in [9.17, 15) is 4.79 Å². The van der Waals surface area contributed by atoms with Gasteiger partial charge in [-0.1, -0.05) is 35.9 Å². The molecule has 8 heteroatoms. The van der Waals surface area contributed by atoms with E-state index in [1.165, 1.54) is 10.9 Å². The van der Waals surface area contributed by atoms with Crippen molar-refractivity contribution < 1.29 is 13.9 Å². The number of rotatable bonds is 7. The number of anilines is 1. The van der Waals surface area contributed by atoms with E-state index in [1.54, 1.807) is 19.2 Å². The number of halogens is 1. The number of hydrogen-bond acceptors (Lipinski definition) is 6. The first-order chi connectivity index (χ1) is 14.6. The first-order valence-electron chi connectivity index (χ1n) is 9.28. The molecule has 2 heterocycles. The molecule has 1 N–H and O–H groups in total. The summed E-state index contributed by atoms with van der Waals surface area (Å²) in [6.45, 7) is 0.462. The number of carbonyl (C=O) groups is 1. The van der Waals surface area contributed by atoms with E-state index in [-0.39, 0.29) is 12.3 Å². The predicted octanol–water partition coefficient (Wildman–Crippen LogP) is 4.70. The molecule has 0 saturated heterocycles. The van der Waals surface area contributed by atoms with Crippen molar-refractivity contribution in [1.82, 2.24) is 14.8 Å². The zero-order valence-electron chi connectivity index (χ0n) is 16.2. The SMILES string of the molecule is COc1ccc(CC(=O)n2nc(-c3ccco3)nc2NCc2ccc(Cl)cc2)cc1. The van der Waals surface area contributed by atoms with Crippen LogP contribution in [0.1, 0.15) is 15.9 Å². The first kappa shape index (κ1) is 19.7. The molecule has 2 aromatic carbocycles. The Hall–Kier alpha value is -3.58. The molecule has 0 aliphatic heterocycles. The van der Waals surface area contributed by atoms with Gasteiger partial charge in [0, 0.05) is 11.6 Å². The summed E-state index contributed by atoms with van der Waals surface area (Å²) in [5, 5.41) is 8.21. The summed E-state index contributed by atoms with van der Waals surface area (Å²) in [4.78, 5) is 17.4. The third-order valence-electron chi connectivity index (χ3n) is 4.46. The molecule has 30 heavy (non-hydrogen) atoms. The molecule has 7 nitrogen and oxygen atoms in total. The van der Waals surface area contributed by atoms with E-state index in [0.29, 0.717) is 29.1 Å². The second-order valence-electron chi connectivity index (χ2n) is 6.55. The molecule has 152 valence electrons. The van der Waals surface area contributed by atoms with Crippen molar-refractivity contribution in [3.05, 3.63) is 83.1 Å². The van der Waals surface area contributed by atoms with Crippen LogP contribution in [0.2, 0.25) is 5.02 Å². The smallest absolute Gasteiger partial charge is 0.254 e. The summed E-state index contributed by atoms with van der Waals surface area (Å²) >= 11 is 5.94. The molecule has 0 saturated carbocycles. The summed E-state index contributed by atoms with van der Waals surface area (Å²) in [6, 6.07) is 18.3. The van der Waals surface area contributed by atoms with Gasteiger partial charge in [0.15, 0.2) is 5.76 Å². The summed E-state index contributed by atoms with van der Waals surface area (Å²) in [6.07, 6.45) is 1.70. The molecule has 0 fully saturated rings. The number of methoxy groups -OCH3 is 1. The number of hydrogen-bond donors (Lipinski definition) is 1. The van der Waals surface area contributed by atoms with Crippen LogP contribution >= 0.6 is 11.6 Å². The molecule has 0 unspecified atom stereocenters. The number of ether oxygens (including phenoxy) is 1. The number of carbonyl (C=O) groups excluding carboxylic acids is 1. The fourth-order valence-electron chi connectivity index (χ4n) is 2.89. The highest BCUT2D eigenvalue weighted by Crippen LogP contribution is 2.20. The maximum atomic E-state index is 13.0. The van der Waals surface area contributed by atoms with E-state index in [1.807, 2.05) is 48.5 Å². The maximum Gasteiger partial charge on any atom is 0.254 e. The fraction of sp³-hybridized carbons (Fsp3) is 0.136. The summed E-state index contributed by atoms with van der Waals surface area (Å²) in [7, 11) is 1.60. The second kappa shape index (κ2) is 8.84. The minimum absolute atomic E-state index is 0.167. The van der Waals surface area contributed by atoms with Gasteiger partial charge in [0.2, 0.25) is 11.8 Å². The van der Waals surface area contributed by atoms with Gasteiger partial charge >= 0.3 is 0 Å². The van der Waals surface area contributed by atoms with Gasteiger partial charge in [-0.2, -0.15) is 9.67 Å². The monoisotopic (exact) mass is 422 g/mol. The lowest BCUT2D eigenvalue weighted by Crippen LogP contribution is -2.18. The summed E-state index contributed by atoms with van der Waals surface area (Å²) < 4.78 is 11.8. The van der Waals surface area contributed by atoms with Gasteiger partial charge in [0.05, 0.1) is 19.8 Å². The maximum absolute atomic E-state index is 13.0. The van der Waals surface area contributed by atoms with Crippen LogP contribution in [0.15, 0.2) is 71.3 Å². The molecule has 0 spiro atoms. The van der Waals surface area contributed by atoms with Gasteiger partial charge in [-0.15, -0.1) is 5.10 Å². The van der Waals surface area contributed by atoms with Crippen molar-refractivity contribution in [3.63, 3.8) is 0 Å². The van der Waals surface area contributed by atoms with Crippen LogP contribution in [0.25, 0.3) is 11.6 Å². The lowest BCUT2D eigenvalue weighted by Gasteiger charge is -2.08. The van der Waals surface area contributed by atoms with Gasteiger partial charge < -0.3 is 14.5 Å². The largest absolute Gasteiger partial charge is 0.497 e. The normalized spacial score (nSPS) is 10.7. The Bertz CT molecular complexity index is 1120. The highest BCUT2D eigenvalue weighted by atomic mass is 35.5. The molecular formula is C22H19ClN4O3. The predicted molar refractivity (Wildman–Crippen MR) is 114 cm³/mol. The topological polar surface area (TPSA) is 82.2 Å². The molecule has 0 radical (unpaired) electrons. The van der Waals surface area contributed by atoms with Gasteiger partial charge in [-0.25, -0.2) is 0 Å². The third-order valence-corrected chi connectivity index (χ3v) is 4.72. The van der Waals surface area contributed by atoms with Crippen molar-refractivity contribution >= 4 is 23.5 Å². The molecular weight excluding hydrogens is 404 g/mol. The van der Waals surface area contributed by atoms with Crippen LogP contribution < -0.4 is 10.1 Å². The van der Waals surface area contributed by atoms with Crippen LogP contribution in [0.3, 0.4) is 0 Å². The minimum atomic E-state index is -0.218. The standard InChI is InChI=1S/C22H19ClN4O3/c1-29-18-10-6-15(7-11-18)13-20(28)27-22(24-14-16-4-8-17(23)9-5-16)25-21(26-27)19-3-2-12-30-19/h2-12H,13-14H2,1H3,(H,24,25,26). The Morgan fingerprint density at radius 2 is 1.83 bits per heavy atom. The Balaban J connectivity index is 1.57. The Morgan fingerprint density at radius 1 is 1.10 bits per heavy atom. The van der Waals surface area contributed by atoms with Crippen LogP contribution in [-0.4, -0.2) is 27.8 Å². The molecule has 4 rings (SSSR count). The Morgan fingerprint density at radius 3 is 2.50 bits per heavy atom. The molecule has 0 aliphatic rings. The van der Waals surface area contributed by atoms with Crippen LogP contribution in [0.4, 0.5) is 5.95 Å². The first-order valence-corrected chi connectivity index (χ1v) is 9.65. The third kappa shape index (κ3) is 4.52. The highest BCUT2D eigenvalue weighted by Gasteiger charge is 2.19. The van der Waals surface area contributed by atoms with E-state index in [0.717, 1.165) is 16.9 Å². The molecule has 2 aromatic heterocycles. The van der Waals surface area contributed by atoms with Crippen molar-refractivity contribution in [2.75, 3.05) is 12.4 Å². The van der Waals surface area contributed by atoms with Crippen LogP contribution in [0, 0.1) is 0 Å². The fourth-order valence-corrected chi connectivity index (χ4v) is 3.01. The van der Waals surface area contributed by atoms with Gasteiger partial charge in [-0.3, -0.25) is 4.79 Å². The quantitative estimate of drug-likeness (QED) is 0.465. The highest BCUT2D eigenvalue weighted by molar-refractivity contribution is 6.30. The van der Waals surface area contributed by atoms with Crippen molar-refractivity contribution in [3.8, 4) is 17.3 Å². The van der Waals surface area contributed by atoms with Gasteiger partial charge in [-0.05, 0) is 47.5 Å². The van der Waals surface area contributed by atoms with Crippen molar-refractivity contribution in [2.24, 2.45) is 0 Å². The average molecular weight is 423 g/mol. The lowest BCUT2D eigenvalue weighted by molar-refractivity contribution is 0.0901. The van der Waals surface area contributed by atoms with E-state index in [4.69, 9.17) is 20.8 Å². The van der Waals surface area contributed by atoms with E-state index < -0.39 is 0 Å². The van der Waals surface area contributed by atoms with Crippen LogP contribution in [0.5, 0.6) is 5.75 Å². The second-order valence-corrected chi connectivity index (χ2v) is 6.98. The van der Waals surface area contributed by atoms with Gasteiger partial charge in [0.1, 0.15) is 5.75 Å². The number of benzene rings is 2. The summed E-state index contributed by atoms with van der Waals surface area (Å²) in [5.41, 5.74) is 1.84. The van der Waals surface area contributed by atoms with Crippen molar-refractivity contribution in [1.29, 1.82) is 0 Å². The summed E-state index contributed by atoms with van der Waals surface area (Å²) in [5.74, 6) is 1.68. The molecule has 0 bridgehead atoms. The van der Waals surface area contributed by atoms with Gasteiger partial charge in [0.25, 0.3) is 5.91 Å². The Kier molecular flexibility index (Phi) is 5.81. The number of furan rings is 1. The van der Waals surface area contributed by atoms with E-state index in [2.05, 4.69) is 15.4 Å². The molecule has 4 aromatic rings. The Labute approximate surface area is 178 Å². The van der Waals surface area contributed by atoms with E-state index >= 15 is 0 Å². The average Bonchev–Trinajstić information content (AvgIpc) is 3.44. The zero-order valence-corrected chi connectivity index (χ0v) is 17.0. The molecule has 0 aliphatic carbocycles. The van der Waals surface area contributed by atoms with Crippen molar-refractivity contribution in [2.45, 2.75) is 13.0 Å². The molecule has 0 amide bonds. The number of nitrogens with zero attached hydrogens (tertiary/aromatic N) is 3. The number of aromatic nitrogens is 3.